The van der Waals surface area contributed by atoms with Crippen molar-refractivity contribution >= 4 is 30.3 Å². The van der Waals surface area contributed by atoms with E-state index in [9.17, 15) is 14.4 Å². The number of hydrogen-bond donors (Lipinski definition) is 2. The molecule has 0 bridgehead atoms. The molecule has 2 aliphatic rings. The highest BCUT2D eigenvalue weighted by molar-refractivity contribution is 6.09. The zero-order valence-electron chi connectivity index (χ0n) is 14.1. The van der Waals surface area contributed by atoms with E-state index in [4.69, 9.17) is 0 Å². The molecule has 0 aromatic heterocycles. The minimum Gasteiger partial charge on any atom is -0.343 e. The molecule has 4 amide bonds. The van der Waals surface area contributed by atoms with Crippen LogP contribution in [0.1, 0.15) is 32.6 Å². The average Bonchev–Trinajstić information content (AvgIpc) is 2.72. The summed E-state index contributed by atoms with van der Waals surface area (Å²) >= 11 is 0. The first kappa shape index (κ1) is 19.7. The van der Waals surface area contributed by atoms with Gasteiger partial charge in [-0.3, -0.25) is 14.5 Å². The van der Waals surface area contributed by atoms with Crippen LogP contribution in [0.25, 0.3) is 0 Å². The first-order valence-electron chi connectivity index (χ1n) is 7.92. The summed E-state index contributed by atoms with van der Waals surface area (Å²) in [7, 11) is 3.49. The number of urea groups is 1. The SMILES string of the molecule is CNCCN(C)C(=O)CN1C(=O)NC2(CCC(C)CC2)C1=O.Cl. The molecular weight excluding hydrogens is 320 g/mol. The van der Waals surface area contributed by atoms with Crippen LogP contribution in [0.2, 0.25) is 0 Å². The normalized spacial score (nSPS) is 26.9. The summed E-state index contributed by atoms with van der Waals surface area (Å²) in [5.74, 6) is 0.124. The first-order valence-corrected chi connectivity index (χ1v) is 7.92. The van der Waals surface area contributed by atoms with Crippen LogP contribution >= 0.6 is 12.4 Å². The van der Waals surface area contributed by atoms with E-state index in [0.29, 0.717) is 31.8 Å². The van der Waals surface area contributed by atoms with Gasteiger partial charge in [0.2, 0.25) is 5.91 Å². The highest BCUT2D eigenvalue weighted by Gasteiger charge is 2.52. The van der Waals surface area contributed by atoms with Crippen LogP contribution in [0.3, 0.4) is 0 Å². The van der Waals surface area contributed by atoms with Crippen LogP contribution in [0.5, 0.6) is 0 Å². The summed E-state index contributed by atoms with van der Waals surface area (Å²) in [6.07, 6.45) is 3.18. The Labute approximate surface area is 143 Å². The van der Waals surface area contributed by atoms with Crippen molar-refractivity contribution in [2.75, 3.05) is 33.7 Å². The molecular formula is C15H27ClN4O3. The highest BCUT2D eigenvalue weighted by atomic mass is 35.5. The molecule has 0 unspecified atom stereocenters. The molecule has 0 aromatic rings. The summed E-state index contributed by atoms with van der Waals surface area (Å²) in [6.45, 7) is 3.19. The molecule has 0 aromatic carbocycles. The Balaban J connectivity index is 0.00000264. The van der Waals surface area contributed by atoms with Crippen molar-refractivity contribution < 1.29 is 14.4 Å². The maximum Gasteiger partial charge on any atom is 0.325 e. The molecule has 23 heavy (non-hydrogen) atoms. The Morgan fingerprint density at radius 1 is 1.39 bits per heavy atom. The van der Waals surface area contributed by atoms with E-state index in [1.807, 2.05) is 7.05 Å². The van der Waals surface area contributed by atoms with E-state index < -0.39 is 11.6 Å². The number of hydrogen-bond acceptors (Lipinski definition) is 4. The maximum absolute atomic E-state index is 12.6. The third kappa shape index (κ3) is 4.14. The molecule has 1 aliphatic carbocycles. The van der Waals surface area contributed by atoms with Crippen molar-refractivity contribution in [1.82, 2.24) is 20.4 Å². The predicted molar refractivity (Wildman–Crippen MR) is 89.4 cm³/mol. The van der Waals surface area contributed by atoms with Gasteiger partial charge in [-0.25, -0.2) is 4.79 Å². The van der Waals surface area contributed by atoms with E-state index >= 15 is 0 Å². The molecule has 0 atom stereocenters. The molecule has 1 aliphatic heterocycles. The summed E-state index contributed by atoms with van der Waals surface area (Å²) < 4.78 is 0. The first-order chi connectivity index (χ1) is 10.4. The number of imide groups is 1. The van der Waals surface area contributed by atoms with Gasteiger partial charge < -0.3 is 15.5 Å². The summed E-state index contributed by atoms with van der Waals surface area (Å²) in [6, 6.07) is -0.435. The van der Waals surface area contributed by atoms with Crippen molar-refractivity contribution in [2.24, 2.45) is 5.92 Å². The number of nitrogens with one attached hydrogen (secondary N) is 2. The van der Waals surface area contributed by atoms with Crippen LogP contribution in [0.4, 0.5) is 4.79 Å². The standard InChI is InChI=1S/C15H26N4O3.ClH/c1-11-4-6-15(7-5-11)13(21)19(14(22)17-15)10-12(20)18(3)9-8-16-2;/h11,16H,4-10H2,1-3H3,(H,17,22);1H. The Kier molecular flexibility index (Phi) is 6.83. The number of likely N-dealkylation sites (N-methyl/N-ethyl adjacent to an activating group) is 2. The number of carbonyl (C=O) groups excluding carboxylic acids is 3. The predicted octanol–water partition coefficient (Wildman–Crippen LogP) is 0.587. The van der Waals surface area contributed by atoms with Gasteiger partial charge in [0.15, 0.2) is 0 Å². The molecule has 2 fully saturated rings. The second-order valence-corrected chi connectivity index (χ2v) is 6.50. The van der Waals surface area contributed by atoms with Gasteiger partial charge in [-0.1, -0.05) is 6.92 Å². The molecule has 2 rings (SSSR count). The van der Waals surface area contributed by atoms with Gasteiger partial charge in [-0.05, 0) is 38.6 Å². The van der Waals surface area contributed by atoms with Gasteiger partial charge in [0.1, 0.15) is 12.1 Å². The van der Waals surface area contributed by atoms with Gasteiger partial charge in [-0.2, -0.15) is 0 Å². The number of halogens is 1. The Morgan fingerprint density at radius 3 is 2.57 bits per heavy atom. The quantitative estimate of drug-likeness (QED) is 0.714. The molecule has 7 nitrogen and oxygen atoms in total. The van der Waals surface area contributed by atoms with Crippen molar-refractivity contribution in [2.45, 2.75) is 38.1 Å². The topological polar surface area (TPSA) is 81.8 Å². The second-order valence-electron chi connectivity index (χ2n) is 6.50. The Hall–Kier alpha value is -1.34. The van der Waals surface area contributed by atoms with Crippen LogP contribution in [-0.2, 0) is 9.59 Å². The van der Waals surface area contributed by atoms with E-state index in [-0.39, 0.29) is 30.8 Å². The van der Waals surface area contributed by atoms with Crippen molar-refractivity contribution in [3.05, 3.63) is 0 Å². The number of nitrogens with zero attached hydrogens (tertiary/aromatic N) is 2. The fourth-order valence-corrected chi connectivity index (χ4v) is 3.07. The molecule has 1 saturated carbocycles. The molecule has 8 heteroatoms. The number of rotatable bonds is 5. The van der Waals surface area contributed by atoms with Gasteiger partial charge in [0.25, 0.3) is 5.91 Å². The smallest absolute Gasteiger partial charge is 0.325 e. The maximum atomic E-state index is 12.6. The van der Waals surface area contributed by atoms with Gasteiger partial charge in [0, 0.05) is 20.1 Å². The average molecular weight is 347 g/mol. The largest absolute Gasteiger partial charge is 0.343 e. The van der Waals surface area contributed by atoms with Gasteiger partial charge in [-0.15, -0.1) is 12.4 Å². The monoisotopic (exact) mass is 346 g/mol. The second kappa shape index (κ2) is 7.97. The zero-order valence-corrected chi connectivity index (χ0v) is 14.9. The van der Waals surface area contributed by atoms with Crippen LogP contribution in [0, 0.1) is 5.92 Å². The Bertz CT molecular complexity index is 464. The number of amides is 4. The lowest BCUT2D eigenvalue weighted by Crippen LogP contribution is -2.50. The third-order valence-electron chi connectivity index (χ3n) is 4.79. The van der Waals surface area contributed by atoms with Gasteiger partial charge in [0.05, 0.1) is 0 Å². The van der Waals surface area contributed by atoms with Crippen molar-refractivity contribution in [1.29, 1.82) is 0 Å². The zero-order chi connectivity index (χ0) is 16.3. The van der Waals surface area contributed by atoms with Crippen LogP contribution < -0.4 is 10.6 Å². The molecule has 2 N–H and O–H groups in total. The van der Waals surface area contributed by atoms with Crippen molar-refractivity contribution in [3.63, 3.8) is 0 Å². The van der Waals surface area contributed by atoms with Gasteiger partial charge >= 0.3 is 6.03 Å². The summed E-state index contributed by atoms with van der Waals surface area (Å²) in [5, 5.41) is 5.79. The minimum absolute atomic E-state index is 0. The summed E-state index contributed by atoms with van der Waals surface area (Å²) in [4.78, 5) is 39.5. The summed E-state index contributed by atoms with van der Waals surface area (Å²) in [5.41, 5.74) is -0.770. The molecule has 0 radical (unpaired) electrons. The van der Waals surface area contributed by atoms with Crippen LogP contribution in [0.15, 0.2) is 0 Å². The van der Waals surface area contributed by atoms with E-state index in [1.165, 1.54) is 4.90 Å². The van der Waals surface area contributed by atoms with E-state index in [2.05, 4.69) is 17.6 Å². The fourth-order valence-electron chi connectivity index (χ4n) is 3.07. The van der Waals surface area contributed by atoms with E-state index in [0.717, 1.165) is 17.7 Å². The van der Waals surface area contributed by atoms with Crippen molar-refractivity contribution in [3.8, 4) is 0 Å². The Morgan fingerprint density at radius 2 is 2.00 bits per heavy atom. The minimum atomic E-state index is -0.770. The number of carbonyl (C=O) groups is 3. The lowest BCUT2D eigenvalue weighted by molar-refractivity contribution is -0.139. The lowest BCUT2D eigenvalue weighted by Gasteiger charge is -2.33. The molecule has 132 valence electrons. The molecule has 1 saturated heterocycles. The lowest BCUT2D eigenvalue weighted by atomic mass is 9.77. The van der Waals surface area contributed by atoms with E-state index in [1.54, 1.807) is 7.05 Å². The highest BCUT2D eigenvalue weighted by Crippen LogP contribution is 2.36. The molecule has 1 spiro atoms. The fraction of sp³-hybridized carbons (Fsp3) is 0.800. The van der Waals surface area contributed by atoms with Crippen LogP contribution in [-0.4, -0.2) is 66.9 Å². The molecule has 1 heterocycles. The third-order valence-corrected chi connectivity index (χ3v) is 4.79.